The van der Waals surface area contributed by atoms with Crippen LogP contribution in [0.25, 0.3) is 0 Å². The molecule has 0 saturated carbocycles. The molecule has 2 aliphatic heterocycles. The highest BCUT2D eigenvalue weighted by Gasteiger charge is 2.35. The Morgan fingerprint density at radius 3 is 2.90 bits per heavy atom. The second kappa shape index (κ2) is 6.90. The third-order valence-electron chi connectivity index (χ3n) is 4.61. The molecular formula is C16H25N3OS. The molecule has 3 rings (SSSR count). The molecule has 1 aromatic rings. The van der Waals surface area contributed by atoms with Crippen molar-refractivity contribution in [2.75, 3.05) is 19.6 Å². The molecule has 21 heavy (non-hydrogen) atoms. The normalized spacial score (nSPS) is 24.3. The Hall–Kier alpha value is -0.910. The van der Waals surface area contributed by atoms with E-state index < -0.39 is 0 Å². The van der Waals surface area contributed by atoms with E-state index in [4.69, 9.17) is 0 Å². The van der Waals surface area contributed by atoms with Crippen molar-refractivity contribution in [1.82, 2.24) is 15.5 Å². The molecule has 2 fully saturated rings. The number of piperidine rings is 1. The van der Waals surface area contributed by atoms with Crippen molar-refractivity contribution in [2.24, 2.45) is 0 Å². The minimum Gasteiger partial charge on any atom is -0.350 e. The number of hydrogen-bond donors (Lipinski definition) is 2. The predicted octanol–water partition coefficient (Wildman–Crippen LogP) is 1.89. The Bertz CT molecular complexity index is 482. The van der Waals surface area contributed by atoms with Gasteiger partial charge in [-0.3, -0.25) is 9.69 Å². The van der Waals surface area contributed by atoms with Gasteiger partial charge in [0.1, 0.15) is 0 Å². The summed E-state index contributed by atoms with van der Waals surface area (Å²) in [5.41, 5.74) is 0. The standard InChI is InChI=1S/C16H25N3OS/c1-12-4-5-14(21-12)11-18-16(20)15-3-2-10-19(15)13-6-8-17-9-7-13/h4-5,13,15,17H,2-3,6-11H2,1H3,(H,18,20). The Balaban J connectivity index is 1.55. The SMILES string of the molecule is Cc1ccc(CNC(=O)C2CCCN2C2CCNCC2)s1. The van der Waals surface area contributed by atoms with Gasteiger partial charge in [-0.15, -0.1) is 11.3 Å². The van der Waals surface area contributed by atoms with Crippen molar-refractivity contribution >= 4 is 17.2 Å². The van der Waals surface area contributed by atoms with Crippen LogP contribution in [0, 0.1) is 6.92 Å². The summed E-state index contributed by atoms with van der Waals surface area (Å²) in [6, 6.07) is 4.91. The van der Waals surface area contributed by atoms with Gasteiger partial charge in [-0.1, -0.05) is 0 Å². The van der Waals surface area contributed by atoms with Crippen LogP contribution in [0.3, 0.4) is 0 Å². The topological polar surface area (TPSA) is 44.4 Å². The van der Waals surface area contributed by atoms with E-state index in [0.717, 1.165) is 32.5 Å². The van der Waals surface area contributed by atoms with Gasteiger partial charge >= 0.3 is 0 Å². The van der Waals surface area contributed by atoms with Gasteiger partial charge in [-0.2, -0.15) is 0 Å². The van der Waals surface area contributed by atoms with Crippen LogP contribution in [-0.4, -0.2) is 42.5 Å². The summed E-state index contributed by atoms with van der Waals surface area (Å²) in [5, 5.41) is 6.54. The lowest BCUT2D eigenvalue weighted by atomic mass is 10.0. The van der Waals surface area contributed by atoms with Crippen molar-refractivity contribution in [1.29, 1.82) is 0 Å². The lowest BCUT2D eigenvalue weighted by Gasteiger charge is -2.35. The number of carbonyl (C=O) groups is 1. The number of rotatable bonds is 4. The first-order valence-electron chi connectivity index (χ1n) is 8.03. The highest BCUT2D eigenvalue weighted by molar-refractivity contribution is 7.11. The summed E-state index contributed by atoms with van der Waals surface area (Å²) in [6.45, 7) is 6.04. The Morgan fingerprint density at radius 1 is 1.38 bits per heavy atom. The average molecular weight is 307 g/mol. The number of nitrogens with zero attached hydrogens (tertiary/aromatic N) is 1. The number of nitrogens with one attached hydrogen (secondary N) is 2. The molecule has 0 aliphatic carbocycles. The zero-order valence-corrected chi connectivity index (χ0v) is 13.5. The second-order valence-electron chi connectivity index (χ2n) is 6.11. The highest BCUT2D eigenvalue weighted by Crippen LogP contribution is 2.24. The summed E-state index contributed by atoms with van der Waals surface area (Å²) in [5.74, 6) is 0.220. The van der Waals surface area contributed by atoms with E-state index in [1.54, 1.807) is 11.3 Å². The molecule has 5 heteroatoms. The van der Waals surface area contributed by atoms with Gasteiger partial charge in [0.15, 0.2) is 0 Å². The van der Waals surface area contributed by atoms with Crippen molar-refractivity contribution in [3.8, 4) is 0 Å². The maximum atomic E-state index is 12.5. The lowest BCUT2D eigenvalue weighted by Crippen LogP contribution is -2.50. The number of aryl methyl sites for hydroxylation is 1. The molecule has 0 radical (unpaired) electrons. The van der Waals surface area contributed by atoms with Crippen LogP contribution in [-0.2, 0) is 11.3 Å². The molecule has 1 unspecified atom stereocenters. The molecule has 2 saturated heterocycles. The Kier molecular flexibility index (Phi) is 4.93. The van der Waals surface area contributed by atoms with Gasteiger partial charge in [0.05, 0.1) is 12.6 Å². The average Bonchev–Trinajstić information content (AvgIpc) is 3.14. The van der Waals surface area contributed by atoms with Crippen LogP contribution in [0.5, 0.6) is 0 Å². The van der Waals surface area contributed by atoms with Crippen molar-refractivity contribution in [3.05, 3.63) is 21.9 Å². The van der Waals surface area contributed by atoms with Crippen LogP contribution >= 0.6 is 11.3 Å². The molecule has 1 aromatic heterocycles. The maximum Gasteiger partial charge on any atom is 0.237 e. The largest absolute Gasteiger partial charge is 0.350 e. The molecule has 1 atom stereocenters. The van der Waals surface area contributed by atoms with Crippen molar-refractivity contribution < 1.29 is 4.79 Å². The monoisotopic (exact) mass is 307 g/mol. The van der Waals surface area contributed by atoms with E-state index in [-0.39, 0.29) is 11.9 Å². The summed E-state index contributed by atoms with van der Waals surface area (Å²) < 4.78 is 0. The lowest BCUT2D eigenvalue weighted by molar-refractivity contribution is -0.126. The minimum atomic E-state index is 0.0918. The fraction of sp³-hybridized carbons (Fsp3) is 0.688. The molecule has 0 spiro atoms. The highest BCUT2D eigenvalue weighted by atomic mass is 32.1. The maximum absolute atomic E-state index is 12.5. The molecular weight excluding hydrogens is 282 g/mol. The van der Waals surface area contributed by atoms with Gasteiger partial charge in [0.2, 0.25) is 5.91 Å². The zero-order chi connectivity index (χ0) is 14.7. The molecule has 4 nitrogen and oxygen atoms in total. The molecule has 116 valence electrons. The minimum absolute atomic E-state index is 0.0918. The van der Waals surface area contributed by atoms with Gasteiger partial charge in [0.25, 0.3) is 0 Å². The molecule has 0 bridgehead atoms. The first kappa shape index (κ1) is 15.0. The first-order chi connectivity index (χ1) is 10.2. The zero-order valence-electron chi connectivity index (χ0n) is 12.7. The predicted molar refractivity (Wildman–Crippen MR) is 86.5 cm³/mol. The molecule has 3 heterocycles. The van der Waals surface area contributed by atoms with Crippen LogP contribution in [0.4, 0.5) is 0 Å². The number of likely N-dealkylation sites (tertiary alicyclic amines) is 1. The Morgan fingerprint density at radius 2 is 2.19 bits per heavy atom. The second-order valence-corrected chi connectivity index (χ2v) is 7.48. The van der Waals surface area contributed by atoms with E-state index >= 15 is 0 Å². The molecule has 1 amide bonds. The van der Waals surface area contributed by atoms with Gasteiger partial charge in [-0.05, 0) is 64.4 Å². The summed E-state index contributed by atoms with van der Waals surface area (Å²) in [4.78, 5) is 17.5. The van der Waals surface area contributed by atoms with Crippen LogP contribution in [0.2, 0.25) is 0 Å². The molecule has 2 aliphatic rings. The molecule has 2 N–H and O–H groups in total. The van der Waals surface area contributed by atoms with Crippen molar-refractivity contribution in [2.45, 2.75) is 51.2 Å². The smallest absolute Gasteiger partial charge is 0.237 e. The number of thiophene rings is 1. The quantitative estimate of drug-likeness (QED) is 0.893. The Labute approximate surface area is 130 Å². The third kappa shape index (κ3) is 3.65. The number of hydrogen-bond acceptors (Lipinski definition) is 4. The summed E-state index contributed by atoms with van der Waals surface area (Å²) in [6.07, 6.45) is 4.52. The fourth-order valence-electron chi connectivity index (χ4n) is 3.52. The van der Waals surface area contributed by atoms with Crippen LogP contribution < -0.4 is 10.6 Å². The van der Waals surface area contributed by atoms with E-state index in [9.17, 15) is 4.79 Å². The fourth-order valence-corrected chi connectivity index (χ4v) is 4.35. The first-order valence-corrected chi connectivity index (χ1v) is 8.85. The van der Waals surface area contributed by atoms with Crippen LogP contribution in [0.1, 0.15) is 35.4 Å². The summed E-state index contributed by atoms with van der Waals surface area (Å²) in [7, 11) is 0. The number of carbonyl (C=O) groups excluding carboxylic acids is 1. The molecule has 0 aromatic carbocycles. The van der Waals surface area contributed by atoms with Crippen LogP contribution in [0.15, 0.2) is 12.1 Å². The van der Waals surface area contributed by atoms with Gasteiger partial charge < -0.3 is 10.6 Å². The van der Waals surface area contributed by atoms with E-state index in [1.807, 2.05) is 0 Å². The van der Waals surface area contributed by atoms with Gasteiger partial charge in [-0.25, -0.2) is 0 Å². The third-order valence-corrected chi connectivity index (χ3v) is 5.61. The van der Waals surface area contributed by atoms with E-state index in [2.05, 4.69) is 34.6 Å². The van der Waals surface area contributed by atoms with E-state index in [1.165, 1.54) is 22.6 Å². The van der Waals surface area contributed by atoms with E-state index in [0.29, 0.717) is 12.6 Å². The summed E-state index contributed by atoms with van der Waals surface area (Å²) >= 11 is 1.76. The van der Waals surface area contributed by atoms with Crippen molar-refractivity contribution in [3.63, 3.8) is 0 Å². The number of amides is 1. The van der Waals surface area contributed by atoms with Gasteiger partial charge in [0, 0.05) is 15.8 Å².